The van der Waals surface area contributed by atoms with E-state index in [4.69, 9.17) is 29.2 Å². The summed E-state index contributed by atoms with van der Waals surface area (Å²) in [7, 11) is 2.75. The molecule has 4 heterocycles. The van der Waals surface area contributed by atoms with Gasteiger partial charge in [0.15, 0.2) is 24.7 Å². The Bertz CT molecular complexity index is 2330. The third kappa shape index (κ3) is 11.0. The number of carbonyl (C=O) groups excluding carboxylic acids is 6. The molecule has 2 aliphatic heterocycles. The summed E-state index contributed by atoms with van der Waals surface area (Å²) in [5.41, 5.74) is 0.706. The molecule has 0 saturated carbocycles. The van der Waals surface area contributed by atoms with Gasteiger partial charge in [-0.05, 0) is 77.3 Å². The molecule has 1 saturated heterocycles. The monoisotopic (exact) mass is 857 g/mol. The summed E-state index contributed by atoms with van der Waals surface area (Å²) < 4.78 is 24.6. The molecule has 3 amide bonds. The van der Waals surface area contributed by atoms with Crippen LogP contribution in [0.1, 0.15) is 69.6 Å². The summed E-state index contributed by atoms with van der Waals surface area (Å²) in [5, 5.41) is 14.7. The number of carbonyl (C=O) groups is 6. The molecular weight excluding hydrogens is 811 g/mol. The Labute approximate surface area is 356 Å². The van der Waals surface area contributed by atoms with E-state index in [9.17, 15) is 28.8 Å². The first-order chi connectivity index (χ1) is 28.7. The zero-order valence-electron chi connectivity index (χ0n) is 35.3. The summed E-state index contributed by atoms with van der Waals surface area (Å²) >= 11 is 1.32. The van der Waals surface area contributed by atoms with E-state index in [0.717, 1.165) is 4.57 Å². The van der Waals surface area contributed by atoms with Crippen LogP contribution in [0.4, 0.5) is 4.79 Å². The number of nitrogens with one attached hydrogen (secondary N) is 1. The zero-order valence-corrected chi connectivity index (χ0v) is 36.1. The predicted molar refractivity (Wildman–Crippen MR) is 221 cm³/mol. The van der Waals surface area contributed by atoms with E-state index in [-0.39, 0.29) is 36.0 Å². The fourth-order valence-electron chi connectivity index (χ4n) is 6.40. The number of fused-ring (bicyclic) bond motifs is 1. The van der Waals surface area contributed by atoms with Crippen molar-refractivity contribution in [1.29, 1.82) is 0 Å². The van der Waals surface area contributed by atoms with Gasteiger partial charge in [0, 0.05) is 35.2 Å². The Balaban J connectivity index is 1.42. The second-order valence-corrected chi connectivity index (χ2v) is 17.0. The van der Waals surface area contributed by atoms with Gasteiger partial charge < -0.3 is 39.5 Å². The van der Waals surface area contributed by atoms with Crippen molar-refractivity contribution < 1.29 is 57.1 Å². The van der Waals surface area contributed by atoms with Crippen molar-refractivity contribution >= 4 is 59.2 Å². The maximum atomic E-state index is 14.0. The van der Waals surface area contributed by atoms with Crippen LogP contribution in [0.15, 0.2) is 76.4 Å². The average molecular weight is 858 g/mol. The molecule has 1 fully saturated rings. The van der Waals surface area contributed by atoms with Gasteiger partial charge >= 0.3 is 18.0 Å². The van der Waals surface area contributed by atoms with E-state index in [1.165, 1.54) is 43.1 Å². The highest BCUT2D eigenvalue weighted by Gasteiger charge is 2.55. The number of aromatic nitrogens is 2. The fourth-order valence-corrected chi connectivity index (χ4v) is 7.74. The number of methoxy groups -OCH3 is 1. The van der Waals surface area contributed by atoms with Gasteiger partial charge in [0.25, 0.3) is 11.8 Å². The molecule has 0 radical (unpaired) electrons. The molecule has 2 aliphatic rings. The summed E-state index contributed by atoms with van der Waals surface area (Å²) in [6.45, 7) is 11.8. The third-order valence-electron chi connectivity index (χ3n) is 9.03. The van der Waals surface area contributed by atoms with Crippen molar-refractivity contribution in [2.45, 2.75) is 90.7 Å². The summed E-state index contributed by atoms with van der Waals surface area (Å²) in [5.74, 6) is -2.87. The molecule has 322 valence electrons. The number of rotatable bonds is 13. The Kier molecular flexibility index (Phi) is 14.0. The maximum Gasteiger partial charge on any atom is 0.419 e. The van der Waals surface area contributed by atoms with E-state index >= 15 is 0 Å². The standard InChI is InChI=1S/C42H47N7O11S/c1-24-29(20-48(33(24)36(52)44-23-43)40(55)60-42(5,6)7)26-14-16-47(17-15-26)19-27-22-61-38-32(45-35(51)30(46-57-9)18-31(50)59-41(2,3)4)37(53)49(38)34(27)39(54)58-21-25-10-12-28(56-8)13-11-25/h10-17,20,32,38H,18-19,21-22H2,1-9H3,(H,45,51)/b46-30+. The number of β-lactam (4-membered cyclic amide) rings is 1. The molecule has 3 aromatic rings. The lowest BCUT2D eigenvalue weighted by Gasteiger charge is -2.49. The summed E-state index contributed by atoms with van der Waals surface area (Å²) in [6, 6.07) is 10.8. The van der Waals surface area contributed by atoms with Crippen molar-refractivity contribution in [3.8, 4) is 16.9 Å². The van der Waals surface area contributed by atoms with Gasteiger partial charge in [0.2, 0.25) is 5.91 Å². The summed E-state index contributed by atoms with van der Waals surface area (Å²) in [4.78, 5) is 89.0. The largest absolute Gasteiger partial charge is 0.497 e. The van der Waals surface area contributed by atoms with Gasteiger partial charge in [-0.25, -0.2) is 18.7 Å². The third-order valence-corrected chi connectivity index (χ3v) is 10.4. The highest BCUT2D eigenvalue weighted by Crippen LogP contribution is 2.41. The molecule has 0 spiro atoms. The van der Waals surface area contributed by atoms with Crippen molar-refractivity contribution in [2.24, 2.45) is 10.1 Å². The van der Waals surface area contributed by atoms with Gasteiger partial charge in [-0.2, -0.15) is 0 Å². The number of thioether (sulfide) groups is 1. The molecule has 2 atom stereocenters. The Morgan fingerprint density at radius 3 is 2.23 bits per heavy atom. The normalized spacial score (nSPS) is 16.4. The number of hydrogen-bond donors (Lipinski definition) is 1. The van der Waals surface area contributed by atoms with Crippen molar-refractivity contribution in [3.05, 3.63) is 88.5 Å². The van der Waals surface area contributed by atoms with E-state index in [2.05, 4.69) is 15.5 Å². The molecule has 0 aliphatic carbocycles. The molecule has 1 aromatic carbocycles. The van der Waals surface area contributed by atoms with Gasteiger partial charge in [-0.15, -0.1) is 17.8 Å². The molecule has 61 heavy (non-hydrogen) atoms. The molecule has 1 N–H and O–H groups in total. The second kappa shape index (κ2) is 18.8. The SMILES string of the molecule is CO/N=C(\CC(=O)OC(C)(C)C)C(=O)NC1C(=O)N2C(C(=O)OCc3ccc(OC)cc3)=C(C[n+]3ccc(-c4cn(C(=O)OC(C)(C)C)c(C(=O)N=C=[N-])c4C)cc3)CSC12. The highest BCUT2D eigenvalue weighted by molar-refractivity contribution is 8.00. The minimum absolute atomic E-state index is 0.0264. The van der Waals surface area contributed by atoms with Crippen LogP contribution in [-0.4, -0.2) is 99.5 Å². The lowest BCUT2D eigenvalue weighted by molar-refractivity contribution is -0.689. The number of aliphatic imine (C=N–C) groups is 1. The zero-order chi connectivity index (χ0) is 44.8. The van der Waals surface area contributed by atoms with Crippen LogP contribution in [0.25, 0.3) is 16.5 Å². The molecule has 18 nitrogen and oxygen atoms in total. The summed E-state index contributed by atoms with van der Waals surface area (Å²) in [6.07, 6.45) is 3.59. The number of benzene rings is 1. The molecule has 2 unspecified atom stereocenters. The predicted octanol–water partition coefficient (Wildman–Crippen LogP) is 4.56. The highest BCUT2D eigenvalue weighted by atomic mass is 32.2. The molecule has 0 bridgehead atoms. The van der Waals surface area contributed by atoms with Crippen LogP contribution in [0, 0.1) is 6.92 Å². The number of ether oxygens (including phenoxy) is 4. The van der Waals surface area contributed by atoms with Gasteiger partial charge in [0.05, 0.1) is 19.2 Å². The van der Waals surface area contributed by atoms with Crippen molar-refractivity contribution in [2.75, 3.05) is 20.0 Å². The molecule has 5 rings (SSSR count). The van der Waals surface area contributed by atoms with Gasteiger partial charge in [-0.3, -0.25) is 24.1 Å². The lowest BCUT2D eigenvalue weighted by atomic mass is 10.0. The minimum Gasteiger partial charge on any atom is -0.497 e. The Morgan fingerprint density at radius 2 is 1.64 bits per heavy atom. The van der Waals surface area contributed by atoms with Gasteiger partial charge in [-0.1, -0.05) is 17.3 Å². The second-order valence-electron chi connectivity index (χ2n) is 15.9. The first kappa shape index (κ1) is 45.5. The number of nitrogens with zero attached hydrogens (tertiary/aromatic N) is 6. The van der Waals surface area contributed by atoms with E-state index in [1.54, 1.807) is 102 Å². The minimum atomic E-state index is -1.06. The van der Waals surface area contributed by atoms with Crippen LogP contribution in [0.5, 0.6) is 5.75 Å². The fraction of sp³-hybridized carbons (Fsp3) is 0.405. The molecule has 19 heteroatoms. The van der Waals surface area contributed by atoms with E-state index < -0.39 is 64.8 Å². The number of pyridine rings is 1. The smallest absolute Gasteiger partial charge is 0.419 e. The van der Waals surface area contributed by atoms with Crippen LogP contribution in [0.2, 0.25) is 0 Å². The number of oxime groups is 1. The number of amides is 3. The van der Waals surface area contributed by atoms with Crippen LogP contribution in [-0.2, 0) is 51.4 Å². The molecular formula is C42H47N7O11S. The van der Waals surface area contributed by atoms with Crippen LogP contribution in [0.3, 0.4) is 0 Å². The van der Waals surface area contributed by atoms with Gasteiger partial charge in [0.1, 0.15) is 47.8 Å². The maximum absolute atomic E-state index is 14.0. The first-order valence-electron chi connectivity index (χ1n) is 18.9. The number of hydrogen-bond acceptors (Lipinski definition) is 13. The first-order valence-corrected chi connectivity index (χ1v) is 20.0. The van der Waals surface area contributed by atoms with E-state index in [0.29, 0.717) is 33.6 Å². The average Bonchev–Trinajstić information content (AvgIpc) is 3.54. The van der Waals surface area contributed by atoms with Crippen molar-refractivity contribution in [1.82, 2.24) is 14.8 Å². The molecule has 2 aromatic heterocycles. The lowest BCUT2D eigenvalue weighted by Crippen LogP contribution is -2.71. The van der Waals surface area contributed by atoms with Crippen molar-refractivity contribution in [3.63, 3.8) is 0 Å². The Morgan fingerprint density at radius 1 is 0.984 bits per heavy atom. The van der Waals surface area contributed by atoms with E-state index in [1.807, 2.05) is 0 Å². The van der Waals surface area contributed by atoms with Crippen LogP contribution < -0.4 is 14.6 Å². The quantitative estimate of drug-likeness (QED) is 0.0625. The number of esters is 2. The topological polar surface area (TPSA) is 220 Å². The Hall–Kier alpha value is -6.59. The van der Waals surface area contributed by atoms with Crippen LogP contribution >= 0.6 is 11.8 Å².